The van der Waals surface area contributed by atoms with E-state index in [9.17, 15) is 0 Å². The molecule has 2 rings (SSSR count). The van der Waals surface area contributed by atoms with Crippen LogP contribution in [0.2, 0.25) is 5.02 Å². The molecule has 0 aliphatic carbocycles. The molecule has 18 heavy (non-hydrogen) atoms. The van der Waals surface area contributed by atoms with Gasteiger partial charge in [0.1, 0.15) is 0 Å². The number of rotatable bonds is 3. The average molecular weight is 327 g/mol. The molecule has 0 bridgehead atoms. The summed E-state index contributed by atoms with van der Waals surface area (Å²) in [7, 11) is 0. The van der Waals surface area contributed by atoms with Gasteiger partial charge >= 0.3 is 0 Å². The predicted molar refractivity (Wildman–Crippen MR) is 79.8 cm³/mol. The van der Waals surface area contributed by atoms with Gasteiger partial charge in [0, 0.05) is 17.3 Å². The number of benzene rings is 1. The van der Waals surface area contributed by atoms with Crippen LogP contribution in [0, 0.1) is 0 Å². The highest BCUT2D eigenvalue weighted by molar-refractivity contribution is 9.10. The van der Waals surface area contributed by atoms with Gasteiger partial charge in [0.05, 0.1) is 22.0 Å². The highest BCUT2D eigenvalue weighted by Crippen LogP contribution is 2.30. The van der Waals surface area contributed by atoms with E-state index in [-0.39, 0.29) is 6.04 Å². The Morgan fingerprint density at radius 2 is 1.94 bits per heavy atom. The van der Waals surface area contributed by atoms with E-state index < -0.39 is 0 Å². The smallest absolute Gasteiger partial charge is 0.0754 e. The van der Waals surface area contributed by atoms with Gasteiger partial charge in [0.15, 0.2) is 0 Å². The van der Waals surface area contributed by atoms with Crippen molar-refractivity contribution in [2.45, 2.75) is 13.0 Å². The first-order valence-corrected chi connectivity index (χ1v) is 6.66. The van der Waals surface area contributed by atoms with Crippen molar-refractivity contribution in [3.8, 4) is 0 Å². The van der Waals surface area contributed by atoms with Crippen LogP contribution in [0.15, 0.2) is 41.1 Å². The summed E-state index contributed by atoms with van der Waals surface area (Å²) in [6.07, 6.45) is 3.34. The van der Waals surface area contributed by atoms with E-state index >= 15 is 0 Å². The van der Waals surface area contributed by atoms with E-state index in [0.29, 0.717) is 5.69 Å². The Kier molecular flexibility index (Phi) is 4.09. The number of halogens is 2. The average Bonchev–Trinajstić information content (AvgIpc) is 2.34. The third-order valence-corrected chi connectivity index (χ3v) is 3.51. The van der Waals surface area contributed by atoms with Crippen molar-refractivity contribution >= 4 is 38.9 Å². The monoisotopic (exact) mass is 325 g/mol. The van der Waals surface area contributed by atoms with Crippen LogP contribution in [0.1, 0.15) is 18.5 Å². The van der Waals surface area contributed by atoms with Crippen molar-refractivity contribution in [2.24, 2.45) is 0 Å². The fraction of sp³-hybridized carbons (Fsp3) is 0.154. The van der Waals surface area contributed by atoms with Crippen LogP contribution in [0.4, 0.5) is 11.4 Å². The summed E-state index contributed by atoms with van der Waals surface area (Å²) in [4.78, 5) is 4.01. The maximum absolute atomic E-state index is 5.90. The van der Waals surface area contributed by atoms with Crippen LogP contribution >= 0.6 is 27.5 Å². The number of aromatic nitrogens is 1. The summed E-state index contributed by atoms with van der Waals surface area (Å²) in [6.45, 7) is 2.07. The second-order valence-electron chi connectivity index (χ2n) is 4.00. The van der Waals surface area contributed by atoms with Crippen molar-refractivity contribution in [3.05, 3.63) is 51.7 Å². The molecule has 1 atom stereocenters. The Hall–Kier alpha value is -1.26. The Balaban J connectivity index is 2.21. The molecule has 0 aliphatic heterocycles. The molecule has 5 heteroatoms. The fourth-order valence-corrected chi connectivity index (χ4v) is 2.24. The number of pyridine rings is 1. The lowest BCUT2D eigenvalue weighted by Crippen LogP contribution is -2.09. The highest BCUT2D eigenvalue weighted by atomic mass is 79.9. The number of nitrogens with zero attached hydrogens (tertiary/aromatic N) is 1. The molecule has 3 nitrogen and oxygen atoms in total. The quantitative estimate of drug-likeness (QED) is 0.886. The fourth-order valence-electron chi connectivity index (χ4n) is 1.65. The molecule has 0 amide bonds. The first kappa shape index (κ1) is 13.2. The van der Waals surface area contributed by atoms with Gasteiger partial charge in [-0.25, -0.2) is 0 Å². The third kappa shape index (κ3) is 2.94. The molecule has 0 aliphatic rings. The van der Waals surface area contributed by atoms with Gasteiger partial charge in [-0.3, -0.25) is 4.98 Å². The Bertz CT molecular complexity index is 522. The van der Waals surface area contributed by atoms with Crippen LogP contribution in [0.25, 0.3) is 0 Å². The SMILES string of the molecule is CC(Nc1c(N)cncc1Br)c1ccc(Cl)cc1. The first-order valence-electron chi connectivity index (χ1n) is 5.49. The zero-order chi connectivity index (χ0) is 13.1. The summed E-state index contributed by atoms with van der Waals surface area (Å²) in [6, 6.07) is 7.86. The third-order valence-electron chi connectivity index (χ3n) is 2.66. The molecular formula is C13H13BrClN3. The lowest BCUT2D eigenvalue weighted by Gasteiger charge is -2.18. The normalized spacial score (nSPS) is 12.2. The van der Waals surface area contributed by atoms with E-state index in [1.54, 1.807) is 12.4 Å². The standard InChI is InChI=1S/C13H13BrClN3/c1-8(9-2-4-10(15)5-3-9)18-13-11(14)6-17-7-12(13)16/h2-8H,16H2,1H3,(H,17,18). The number of nitrogens with two attached hydrogens (primary N) is 1. The summed E-state index contributed by atoms with van der Waals surface area (Å²) in [5, 5.41) is 4.09. The molecule has 3 N–H and O–H groups in total. The minimum atomic E-state index is 0.128. The second kappa shape index (κ2) is 5.59. The molecule has 1 aromatic heterocycles. The minimum Gasteiger partial charge on any atom is -0.396 e. The lowest BCUT2D eigenvalue weighted by atomic mass is 10.1. The van der Waals surface area contributed by atoms with Crippen LogP contribution in [-0.2, 0) is 0 Å². The molecular weight excluding hydrogens is 314 g/mol. The maximum atomic E-state index is 5.90. The Morgan fingerprint density at radius 1 is 1.28 bits per heavy atom. The van der Waals surface area contributed by atoms with E-state index in [0.717, 1.165) is 20.7 Å². The topological polar surface area (TPSA) is 50.9 Å². The molecule has 0 saturated carbocycles. The molecule has 0 spiro atoms. The van der Waals surface area contributed by atoms with E-state index in [2.05, 4.69) is 33.2 Å². The first-order chi connectivity index (χ1) is 8.58. The molecule has 0 fully saturated rings. The second-order valence-corrected chi connectivity index (χ2v) is 5.29. The number of hydrogen-bond acceptors (Lipinski definition) is 3. The Morgan fingerprint density at radius 3 is 2.56 bits per heavy atom. The predicted octanol–water partition coefficient (Wildman–Crippen LogP) is 4.25. The van der Waals surface area contributed by atoms with Crippen LogP contribution < -0.4 is 11.1 Å². The molecule has 0 saturated heterocycles. The van der Waals surface area contributed by atoms with Crippen molar-refractivity contribution in [2.75, 3.05) is 11.1 Å². The largest absolute Gasteiger partial charge is 0.396 e. The van der Waals surface area contributed by atoms with Crippen molar-refractivity contribution in [1.82, 2.24) is 4.98 Å². The van der Waals surface area contributed by atoms with Crippen molar-refractivity contribution in [3.63, 3.8) is 0 Å². The van der Waals surface area contributed by atoms with Gasteiger partial charge in [0.2, 0.25) is 0 Å². The van der Waals surface area contributed by atoms with Gasteiger partial charge in [-0.1, -0.05) is 23.7 Å². The molecule has 0 radical (unpaired) electrons. The minimum absolute atomic E-state index is 0.128. The van der Waals surface area contributed by atoms with Gasteiger partial charge in [-0.2, -0.15) is 0 Å². The number of nitrogens with one attached hydrogen (secondary N) is 1. The van der Waals surface area contributed by atoms with Gasteiger partial charge in [-0.15, -0.1) is 0 Å². The summed E-state index contributed by atoms with van der Waals surface area (Å²) in [5.74, 6) is 0. The summed E-state index contributed by atoms with van der Waals surface area (Å²) >= 11 is 9.30. The lowest BCUT2D eigenvalue weighted by molar-refractivity contribution is 0.883. The molecule has 1 aromatic carbocycles. The number of anilines is 2. The Labute approximate surface area is 119 Å². The molecule has 94 valence electrons. The van der Waals surface area contributed by atoms with E-state index in [4.69, 9.17) is 17.3 Å². The summed E-state index contributed by atoms with van der Waals surface area (Å²) < 4.78 is 0.850. The molecule has 1 heterocycles. The zero-order valence-electron chi connectivity index (χ0n) is 9.82. The van der Waals surface area contributed by atoms with Gasteiger partial charge < -0.3 is 11.1 Å². The molecule has 1 unspecified atom stereocenters. The van der Waals surface area contributed by atoms with Gasteiger partial charge in [0.25, 0.3) is 0 Å². The van der Waals surface area contributed by atoms with Crippen LogP contribution in [-0.4, -0.2) is 4.98 Å². The van der Waals surface area contributed by atoms with Crippen LogP contribution in [0.5, 0.6) is 0 Å². The van der Waals surface area contributed by atoms with Gasteiger partial charge in [-0.05, 0) is 40.5 Å². The number of nitrogen functional groups attached to an aromatic ring is 1. The van der Waals surface area contributed by atoms with Crippen LogP contribution in [0.3, 0.4) is 0 Å². The highest BCUT2D eigenvalue weighted by Gasteiger charge is 2.10. The zero-order valence-corrected chi connectivity index (χ0v) is 12.2. The maximum Gasteiger partial charge on any atom is 0.0754 e. The van der Waals surface area contributed by atoms with Crippen molar-refractivity contribution < 1.29 is 0 Å². The summed E-state index contributed by atoms with van der Waals surface area (Å²) in [5.41, 5.74) is 8.51. The van der Waals surface area contributed by atoms with E-state index in [1.807, 2.05) is 24.3 Å². The molecule has 2 aromatic rings. The van der Waals surface area contributed by atoms with E-state index in [1.165, 1.54) is 0 Å². The number of hydrogen-bond donors (Lipinski definition) is 2. The van der Waals surface area contributed by atoms with Crippen molar-refractivity contribution in [1.29, 1.82) is 0 Å².